The van der Waals surface area contributed by atoms with Gasteiger partial charge in [-0.15, -0.1) is 0 Å². The minimum Gasteiger partial charge on any atom is -0.497 e. The number of amides is 1. The average molecular weight is 358 g/mol. The Hall–Kier alpha value is -2.59. The second-order valence-corrected chi connectivity index (χ2v) is 6.27. The third kappa shape index (κ3) is 3.74. The summed E-state index contributed by atoms with van der Waals surface area (Å²) >= 11 is 5.73. The van der Waals surface area contributed by atoms with Crippen molar-refractivity contribution in [3.8, 4) is 5.75 Å². The fraction of sp³-hybridized carbons (Fsp3) is 0.150. The summed E-state index contributed by atoms with van der Waals surface area (Å²) in [6.07, 6.45) is 0. The van der Waals surface area contributed by atoms with Crippen LogP contribution in [0, 0.1) is 5.82 Å². The van der Waals surface area contributed by atoms with Crippen LogP contribution in [-0.2, 0) is 6.54 Å². The normalized spacial score (nSPS) is 10.7. The first-order chi connectivity index (χ1) is 12.0. The van der Waals surface area contributed by atoms with E-state index in [0.29, 0.717) is 6.54 Å². The summed E-state index contributed by atoms with van der Waals surface area (Å²) in [4.78, 5) is 13.9. The van der Waals surface area contributed by atoms with Gasteiger partial charge < -0.3 is 9.64 Å². The molecule has 3 aromatic carbocycles. The molecule has 0 unspecified atom stereocenters. The van der Waals surface area contributed by atoms with Gasteiger partial charge in [0, 0.05) is 18.6 Å². The van der Waals surface area contributed by atoms with E-state index in [1.54, 1.807) is 14.2 Å². The van der Waals surface area contributed by atoms with Crippen LogP contribution in [0.1, 0.15) is 15.9 Å². The van der Waals surface area contributed by atoms with E-state index in [1.807, 2.05) is 36.4 Å². The Morgan fingerprint density at radius 2 is 1.80 bits per heavy atom. The molecule has 3 nitrogen and oxygen atoms in total. The first-order valence-electron chi connectivity index (χ1n) is 7.75. The van der Waals surface area contributed by atoms with E-state index < -0.39 is 5.82 Å². The lowest BCUT2D eigenvalue weighted by molar-refractivity contribution is 0.0780. The van der Waals surface area contributed by atoms with Crippen molar-refractivity contribution in [3.05, 3.63) is 76.6 Å². The second kappa shape index (κ2) is 7.11. The van der Waals surface area contributed by atoms with Crippen LogP contribution in [0.15, 0.2) is 54.6 Å². The lowest BCUT2D eigenvalue weighted by atomic mass is 10.1. The highest BCUT2D eigenvalue weighted by molar-refractivity contribution is 6.30. The Kier molecular flexibility index (Phi) is 4.91. The van der Waals surface area contributed by atoms with Gasteiger partial charge in [-0.2, -0.15) is 0 Å². The molecule has 3 rings (SSSR count). The zero-order chi connectivity index (χ0) is 18.0. The number of hydrogen-bond donors (Lipinski definition) is 0. The summed E-state index contributed by atoms with van der Waals surface area (Å²) in [7, 11) is 3.28. The van der Waals surface area contributed by atoms with Gasteiger partial charge >= 0.3 is 0 Å². The third-order valence-electron chi connectivity index (χ3n) is 4.04. The van der Waals surface area contributed by atoms with Gasteiger partial charge in [0.05, 0.1) is 12.7 Å². The highest BCUT2D eigenvalue weighted by Crippen LogP contribution is 2.23. The van der Waals surface area contributed by atoms with Crippen LogP contribution in [0.5, 0.6) is 5.75 Å². The molecule has 128 valence electrons. The molecule has 0 aliphatic rings. The minimum absolute atomic E-state index is 0.0115. The van der Waals surface area contributed by atoms with Crippen LogP contribution in [0.2, 0.25) is 5.02 Å². The topological polar surface area (TPSA) is 29.5 Å². The average Bonchev–Trinajstić information content (AvgIpc) is 2.60. The number of carbonyl (C=O) groups excluding carboxylic acids is 1. The van der Waals surface area contributed by atoms with E-state index in [2.05, 4.69) is 0 Å². The molecule has 1 amide bonds. The SMILES string of the molecule is COc1ccc2cc(CN(C)C(=O)c3ccc(Cl)cc3F)ccc2c1. The third-order valence-corrected chi connectivity index (χ3v) is 4.27. The highest BCUT2D eigenvalue weighted by Gasteiger charge is 2.16. The number of benzene rings is 3. The summed E-state index contributed by atoms with van der Waals surface area (Å²) < 4.78 is 19.2. The summed E-state index contributed by atoms with van der Waals surface area (Å²) in [6.45, 7) is 0.378. The van der Waals surface area contributed by atoms with E-state index in [4.69, 9.17) is 16.3 Å². The molecule has 0 radical (unpaired) electrons. The highest BCUT2D eigenvalue weighted by atomic mass is 35.5. The molecule has 0 aliphatic carbocycles. The molecule has 0 aliphatic heterocycles. The molecule has 0 spiro atoms. The van der Waals surface area contributed by atoms with Crippen molar-refractivity contribution in [2.45, 2.75) is 6.54 Å². The predicted molar refractivity (Wildman–Crippen MR) is 97.7 cm³/mol. The van der Waals surface area contributed by atoms with Crippen molar-refractivity contribution >= 4 is 28.3 Å². The maximum Gasteiger partial charge on any atom is 0.256 e. The molecular weight excluding hydrogens is 341 g/mol. The van der Waals surface area contributed by atoms with Crippen molar-refractivity contribution in [1.82, 2.24) is 4.90 Å². The first-order valence-corrected chi connectivity index (χ1v) is 8.13. The number of methoxy groups -OCH3 is 1. The van der Waals surface area contributed by atoms with Crippen LogP contribution in [0.25, 0.3) is 10.8 Å². The van der Waals surface area contributed by atoms with Crippen molar-refractivity contribution < 1.29 is 13.9 Å². The van der Waals surface area contributed by atoms with Gasteiger partial charge in [-0.3, -0.25) is 4.79 Å². The molecule has 25 heavy (non-hydrogen) atoms. The van der Waals surface area contributed by atoms with Gasteiger partial charge in [0.25, 0.3) is 5.91 Å². The first kappa shape index (κ1) is 17.2. The molecule has 0 saturated heterocycles. The number of ether oxygens (including phenoxy) is 1. The zero-order valence-corrected chi connectivity index (χ0v) is 14.7. The van der Waals surface area contributed by atoms with Gasteiger partial charge in [-0.25, -0.2) is 4.39 Å². The van der Waals surface area contributed by atoms with Crippen LogP contribution < -0.4 is 4.74 Å². The van der Waals surface area contributed by atoms with Crippen molar-refractivity contribution in [2.24, 2.45) is 0 Å². The zero-order valence-electron chi connectivity index (χ0n) is 13.9. The fourth-order valence-electron chi connectivity index (χ4n) is 2.71. The van der Waals surface area contributed by atoms with Crippen LogP contribution >= 0.6 is 11.6 Å². The van der Waals surface area contributed by atoms with Crippen LogP contribution in [0.4, 0.5) is 4.39 Å². The Bertz CT molecular complexity index is 942. The van der Waals surface area contributed by atoms with E-state index in [-0.39, 0.29) is 16.5 Å². The van der Waals surface area contributed by atoms with Crippen LogP contribution in [-0.4, -0.2) is 25.0 Å². The largest absolute Gasteiger partial charge is 0.497 e. The molecule has 3 aromatic rings. The van der Waals surface area contributed by atoms with Gasteiger partial charge in [0.1, 0.15) is 11.6 Å². The summed E-state index contributed by atoms with van der Waals surface area (Å²) in [6, 6.07) is 15.8. The number of nitrogens with zero attached hydrogens (tertiary/aromatic N) is 1. The molecule has 0 N–H and O–H groups in total. The maximum atomic E-state index is 13.9. The van der Waals surface area contributed by atoms with E-state index >= 15 is 0 Å². The minimum atomic E-state index is -0.616. The van der Waals surface area contributed by atoms with E-state index in [9.17, 15) is 9.18 Å². The summed E-state index contributed by atoms with van der Waals surface area (Å²) in [5.41, 5.74) is 0.973. The molecule has 0 saturated carbocycles. The Morgan fingerprint density at radius 1 is 1.08 bits per heavy atom. The molecule has 0 aromatic heterocycles. The Morgan fingerprint density at radius 3 is 2.52 bits per heavy atom. The molecule has 5 heteroatoms. The molecule has 0 heterocycles. The number of rotatable bonds is 4. The fourth-order valence-corrected chi connectivity index (χ4v) is 2.87. The lowest BCUT2D eigenvalue weighted by Crippen LogP contribution is -2.27. The molecular formula is C20H17ClFNO2. The Labute approximate surface area is 150 Å². The molecule has 0 bridgehead atoms. The smallest absolute Gasteiger partial charge is 0.256 e. The molecule has 0 fully saturated rings. The van der Waals surface area contributed by atoms with Gasteiger partial charge in [-0.05, 0) is 52.7 Å². The monoisotopic (exact) mass is 357 g/mol. The van der Waals surface area contributed by atoms with E-state index in [0.717, 1.165) is 28.2 Å². The quantitative estimate of drug-likeness (QED) is 0.663. The summed E-state index contributed by atoms with van der Waals surface area (Å²) in [5, 5.41) is 2.37. The standard InChI is InChI=1S/C20H17ClFNO2/c1-23(20(24)18-8-6-16(21)11-19(18)22)12-13-3-4-15-10-17(25-2)7-5-14(15)9-13/h3-11H,12H2,1-2H3. The number of halogens is 2. The number of carbonyl (C=O) groups is 1. The maximum absolute atomic E-state index is 13.9. The van der Waals surface area contributed by atoms with Gasteiger partial charge in [0.2, 0.25) is 0 Å². The number of fused-ring (bicyclic) bond motifs is 1. The second-order valence-electron chi connectivity index (χ2n) is 5.83. The van der Waals surface area contributed by atoms with E-state index in [1.165, 1.54) is 17.0 Å². The lowest BCUT2D eigenvalue weighted by Gasteiger charge is -2.18. The van der Waals surface area contributed by atoms with Crippen molar-refractivity contribution in [2.75, 3.05) is 14.2 Å². The van der Waals surface area contributed by atoms with Crippen LogP contribution in [0.3, 0.4) is 0 Å². The van der Waals surface area contributed by atoms with Gasteiger partial charge in [-0.1, -0.05) is 29.8 Å². The van der Waals surface area contributed by atoms with Crippen molar-refractivity contribution in [3.63, 3.8) is 0 Å². The number of hydrogen-bond acceptors (Lipinski definition) is 2. The Balaban J connectivity index is 1.81. The van der Waals surface area contributed by atoms with Gasteiger partial charge in [0.15, 0.2) is 0 Å². The predicted octanol–water partition coefficient (Wildman–Crippen LogP) is 4.91. The molecule has 0 atom stereocenters. The summed E-state index contributed by atoms with van der Waals surface area (Å²) in [5.74, 6) is -0.204. The van der Waals surface area contributed by atoms with Crippen molar-refractivity contribution in [1.29, 1.82) is 0 Å².